The summed E-state index contributed by atoms with van der Waals surface area (Å²) in [5.41, 5.74) is 5.56. The topological polar surface area (TPSA) is 46.2 Å². The van der Waals surface area contributed by atoms with Crippen molar-refractivity contribution < 1.29 is 8.42 Å². The molecule has 0 amide bonds. The Balaban J connectivity index is 1.64. The smallest absolute Gasteiger partial charge is 0.207 e. The fourth-order valence-corrected chi connectivity index (χ4v) is 5.51. The number of nitrogens with one attached hydrogen (secondary N) is 1. The highest BCUT2D eigenvalue weighted by Gasteiger charge is 2.24. The molecule has 1 N–H and O–H groups in total. The van der Waals surface area contributed by atoms with E-state index in [1.165, 1.54) is 11.1 Å². The van der Waals surface area contributed by atoms with Crippen LogP contribution in [0.5, 0.6) is 0 Å². The van der Waals surface area contributed by atoms with Crippen LogP contribution >= 0.6 is 0 Å². The van der Waals surface area contributed by atoms with Crippen molar-refractivity contribution in [3.05, 3.63) is 89.5 Å². The van der Waals surface area contributed by atoms with Gasteiger partial charge in [-0.25, -0.2) is 13.1 Å². The van der Waals surface area contributed by atoms with E-state index in [9.17, 15) is 8.42 Å². The highest BCUT2D eigenvalue weighted by molar-refractivity contribution is 7.89. The van der Waals surface area contributed by atoms with E-state index in [0.29, 0.717) is 10.8 Å². The third-order valence-corrected chi connectivity index (χ3v) is 7.42. The Morgan fingerprint density at radius 1 is 0.867 bits per heavy atom. The van der Waals surface area contributed by atoms with Gasteiger partial charge in [0.15, 0.2) is 0 Å². The van der Waals surface area contributed by atoms with Crippen LogP contribution < -0.4 is 4.72 Å². The Morgan fingerprint density at radius 2 is 1.60 bits per heavy atom. The summed E-state index contributed by atoms with van der Waals surface area (Å²) >= 11 is 0. The molecule has 30 heavy (non-hydrogen) atoms. The lowest BCUT2D eigenvalue weighted by Crippen LogP contribution is -2.29. The molecule has 0 aliphatic heterocycles. The predicted octanol–water partition coefficient (Wildman–Crippen LogP) is 6.22. The third-order valence-electron chi connectivity index (χ3n) is 5.95. The van der Waals surface area contributed by atoms with E-state index in [1.807, 2.05) is 36.4 Å². The molecule has 1 aliphatic carbocycles. The largest absolute Gasteiger partial charge is 0.241 e. The zero-order valence-electron chi connectivity index (χ0n) is 17.6. The van der Waals surface area contributed by atoms with Crippen LogP contribution in [0.1, 0.15) is 61.8 Å². The molecule has 156 valence electrons. The molecule has 1 atom stereocenters. The Kier molecular flexibility index (Phi) is 6.07. The molecule has 0 radical (unpaired) electrons. The van der Waals surface area contributed by atoms with Gasteiger partial charge in [-0.05, 0) is 65.1 Å². The van der Waals surface area contributed by atoms with Gasteiger partial charge in [0.2, 0.25) is 10.0 Å². The van der Waals surface area contributed by atoms with Gasteiger partial charge in [-0.15, -0.1) is 0 Å². The quantitative estimate of drug-likeness (QED) is 0.499. The highest BCUT2D eigenvalue weighted by atomic mass is 32.2. The van der Waals surface area contributed by atoms with E-state index >= 15 is 0 Å². The molecule has 3 aromatic carbocycles. The van der Waals surface area contributed by atoms with E-state index in [-0.39, 0.29) is 6.04 Å². The summed E-state index contributed by atoms with van der Waals surface area (Å²) < 4.78 is 29.5. The molecule has 3 aromatic rings. The fourth-order valence-electron chi connectivity index (χ4n) is 4.22. The van der Waals surface area contributed by atoms with Crippen LogP contribution in [0.3, 0.4) is 0 Å². The molecule has 0 saturated carbocycles. The minimum Gasteiger partial charge on any atom is -0.207 e. The number of sulfonamides is 1. The van der Waals surface area contributed by atoms with E-state index in [0.717, 1.165) is 42.4 Å². The van der Waals surface area contributed by atoms with Crippen molar-refractivity contribution in [2.45, 2.75) is 56.4 Å². The van der Waals surface area contributed by atoms with Gasteiger partial charge in [-0.3, -0.25) is 0 Å². The third kappa shape index (κ3) is 4.50. The van der Waals surface area contributed by atoms with E-state index < -0.39 is 10.0 Å². The number of hydrogen-bond donors (Lipinski definition) is 1. The molecule has 0 bridgehead atoms. The predicted molar refractivity (Wildman–Crippen MR) is 123 cm³/mol. The lowest BCUT2D eigenvalue weighted by molar-refractivity contribution is 0.532. The number of fused-ring (bicyclic) bond motifs is 1. The van der Waals surface area contributed by atoms with Crippen molar-refractivity contribution in [3.8, 4) is 11.1 Å². The molecule has 0 heterocycles. The van der Waals surface area contributed by atoms with Gasteiger partial charge >= 0.3 is 0 Å². The van der Waals surface area contributed by atoms with E-state index in [1.54, 1.807) is 12.1 Å². The monoisotopic (exact) mass is 419 g/mol. The molecule has 4 rings (SSSR count). The minimum atomic E-state index is -3.63. The molecular formula is C26H29NO2S. The summed E-state index contributed by atoms with van der Waals surface area (Å²) in [6.07, 6.45) is 3.95. The van der Waals surface area contributed by atoms with Crippen LogP contribution in [0, 0.1) is 0 Å². The summed E-state index contributed by atoms with van der Waals surface area (Å²) in [5.74, 6) is 0.425. The van der Waals surface area contributed by atoms with Gasteiger partial charge < -0.3 is 0 Å². The van der Waals surface area contributed by atoms with Crippen LogP contribution in [0.4, 0.5) is 0 Å². The fraction of sp³-hybridized carbons (Fsp3) is 0.308. The van der Waals surface area contributed by atoms with Gasteiger partial charge in [-0.2, -0.15) is 0 Å². The summed E-state index contributed by atoms with van der Waals surface area (Å²) in [7, 11) is -3.63. The van der Waals surface area contributed by atoms with Crippen LogP contribution in [-0.2, 0) is 16.4 Å². The lowest BCUT2D eigenvalue weighted by Gasteiger charge is -2.20. The first-order chi connectivity index (χ1) is 14.4. The standard InChI is InChI=1S/C26H29NO2S/c1-19(2)21-11-7-12-22(17-21)23-13-8-14-24(18-23)30(28,29)27-26-16-6-4-10-20-9-3-5-15-25(20)26/h3,5,7-9,11-15,17-19,26-27H,4,6,10,16H2,1-2H3. The molecular weight excluding hydrogens is 390 g/mol. The van der Waals surface area contributed by atoms with E-state index in [4.69, 9.17) is 0 Å². The maximum absolute atomic E-state index is 13.3. The Morgan fingerprint density at radius 3 is 2.40 bits per heavy atom. The Hall–Kier alpha value is -2.43. The summed E-state index contributed by atoms with van der Waals surface area (Å²) in [6.45, 7) is 4.32. The number of benzene rings is 3. The first-order valence-electron chi connectivity index (χ1n) is 10.7. The molecule has 4 heteroatoms. The van der Waals surface area contributed by atoms with Crippen LogP contribution in [0.15, 0.2) is 77.7 Å². The Labute approximate surface area is 180 Å². The highest BCUT2D eigenvalue weighted by Crippen LogP contribution is 2.31. The second-order valence-electron chi connectivity index (χ2n) is 8.43. The van der Waals surface area contributed by atoms with E-state index in [2.05, 4.69) is 42.8 Å². The first-order valence-corrected chi connectivity index (χ1v) is 12.2. The average Bonchev–Trinajstić information content (AvgIpc) is 2.96. The average molecular weight is 420 g/mol. The zero-order chi connectivity index (χ0) is 21.1. The zero-order valence-corrected chi connectivity index (χ0v) is 18.5. The molecule has 3 nitrogen and oxygen atoms in total. The Bertz CT molecular complexity index is 1140. The molecule has 0 saturated heterocycles. The van der Waals surface area contributed by atoms with Crippen molar-refractivity contribution in [1.82, 2.24) is 4.72 Å². The minimum absolute atomic E-state index is 0.179. The van der Waals surface area contributed by atoms with Crippen LogP contribution in [0.2, 0.25) is 0 Å². The van der Waals surface area contributed by atoms with Crippen molar-refractivity contribution in [3.63, 3.8) is 0 Å². The number of hydrogen-bond acceptors (Lipinski definition) is 2. The van der Waals surface area contributed by atoms with Crippen molar-refractivity contribution in [2.75, 3.05) is 0 Å². The molecule has 0 spiro atoms. The molecule has 1 unspecified atom stereocenters. The van der Waals surface area contributed by atoms with Crippen LogP contribution in [0.25, 0.3) is 11.1 Å². The van der Waals surface area contributed by atoms with Crippen LogP contribution in [-0.4, -0.2) is 8.42 Å². The van der Waals surface area contributed by atoms with Gasteiger partial charge in [-0.1, -0.05) is 80.9 Å². The van der Waals surface area contributed by atoms with Crippen molar-refractivity contribution in [2.24, 2.45) is 0 Å². The maximum atomic E-state index is 13.3. The molecule has 0 aromatic heterocycles. The van der Waals surface area contributed by atoms with Crippen molar-refractivity contribution in [1.29, 1.82) is 0 Å². The lowest BCUT2D eigenvalue weighted by atomic mass is 9.97. The normalized spacial score (nSPS) is 16.8. The number of aryl methyl sites for hydroxylation is 1. The number of rotatable bonds is 5. The second-order valence-corrected chi connectivity index (χ2v) is 10.1. The maximum Gasteiger partial charge on any atom is 0.241 e. The molecule has 0 fully saturated rings. The molecule has 1 aliphatic rings. The van der Waals surface area contributed by atoms with Gasteiger partial charge in [0, 0.05) is 6.04 Å². The summed E-state index contributed by atoms with van der Waals surface area (Å²) in [5, 5.41) is 0. The SMILES string of the molecule is CC(C)c1cccc(-c2cccc(S(=O)(=O)NC3CCCCc4ccccc43)c2)c1. The summed E-state index contributed by atoms with van der Waals surface area (Å²) in [4.78, 5) is 0.316. The second kappa shape index (κ2) is 8.75. The van der Waals surface area contributed by atoms with Crippen molar-refractivity contribution >= 4 is 10.0 Å². The summed E-state index contributed by atoms with van der Waals surface area (Å²) in [6, 6.07) is 23.6. The van der Waals surface area contributed by atoms with Gasteiger partial charge in [0.25, 0.3) is 0 Å². The first kappa shape index (κ1) is 20.8. The van der Waals surface area contributed by atoms with Gasteiger partial charge in [0.1, 0.15) is 0 Å². The van der Waals surface area contributed by atoms with Gasteiger partial charge in [0.05, 0.1) is 4.90 Å².